The highest BCUT2D eigenvalue weighted by atomic mass is 16.5. The summed E-state index contributed by atoms with van der Waals surface area (Å²) in [4.78, 5) is 54.7. The van der Waals surface area contributed by atoms with Crippen LogP contribution in [0.3, 0.4) is 0 Å². The van der Waals surface area contributed by atoms with Crippen molar-refractivity contribution in [3.63, 3.8) is 0 Å². The van der Waals surface area contributed by atoms with E-state index < -0.39 is 23.9 Å². The molecule has 6 aromatic rings. The number of unbranched alkanes of at least 4 members (excludes halogenated alkanes) is 3. The lowest BCUT2D eigenvalue weighted by atomic mass is 9.84. The highest BCUT2D eigenvalue weighted by molar-refractivity contribution is 6.38. The molecule has 274 valence electrons. The quantitative estimate of drug-likeness (QED) is 0.0260. The lowest BCUT2D eigenvalue weighted by Gasteiger charge is -2.20. The van der Waals surface area contributed by atoms with Crippen LogP contribution in [0, 0.1) is 0 Å². The lowest BCUT2D eigenvalue weighted by molar-refractivity contribution is 0.0486. The Kier molecular flexibility index (Phi) is 11.7. The second kappa shape index (κ2) is 16.8. The molecule has 0 spiro atoms. The van der Waals surface area contributed by atoms with E-state index in [4.69, 9.17) is 24.7 Å². The molecule has 0 saturated carbocycles. The topological polar surface area (TPSA) is 131 Å². The van der Waals surface area contributed by atoms with Crippen molar-refractivity contribution in [2.45, 2.75) is 65.7 Å². The Morgan fingerprint density at radius 2 is 0.755 bits per heavy atom. The number of benzene rings is 6. The predicted octanol–water partition coefficient (Wildman–Crippen LogP) is 9.59. The SMILES string of the molecule is CCCCOC(=O)c1ccc2c3ccc(C(=O)OCCCC)c4c(C(=O)OCCc5ccc(N)cc5)ccc(c5ccc(C(=O)OCCCC)c1c25)c43. The average Bonchev–Trinajstić information content (AvgIpc) is 3.17. The number of carbonyl (C=O) groups excluding carboxylic acids is 4. The van der Waals surface area contributed by atoms with Gasteiger partial charge in [-0.2, -0.15) is 0 Å². The maximum absolute atomic E-state index is 13.9. The fourth-order valence-corrected chi connectivity index (χ4v) is 6.75. The smallest absolute Gasteiger partial charge is 0.338 e. The molecule has 0 aliphatic heterocycles. The van der Waals surface area contributed by atoms with E-state index in [1.54, 1.807) is 36.4 Å². The molecule has 0 saturated heterocycles. The first-order valence-electron chi connectivity index (χ1n) is 18.5. The number of anilines is 1. The summed E-state index contributed by atoms with van der Waals surface area (Å²) in [7, 11) is 0. The Hall–Kier alpha value is -5.70. The van der Waals surface area contributed by atoms with Gasteiger partial charge in [0.05, 0.1) is 48.7 Å². The van der Waals surface area contributed by atoms with Crippen molar-refractivity contribution in [2.75, 3.05) is 32.2 Å². The predicted molar refractivity (Wildman–Crippen MR) is 208 cm³/mol. The summed E-state index contributed by atoms with van der Waals surface area (Å²) in [5, 5.41) is 5.16. The van der Waals surface area contributed by atoms with Gasteiger partial charge in [0.2, 0.25) is 0 Å². The van der Waals surface area contributed by atoms with Gasteiger partial charge in [0.25, 0.3) is 0 Å². The maximum Gasteiger partial charge on any atom is 0.338 e. The molecule has 0 aromatic heterocycles. The van der Waals surface area contributed by atoms with E-state index >= 15 is 0 Å². The fraction of sp³-hybridized carbons (Fsp3) is 0.318. The van der Waals surface area contributed by atoms with Crippen LogP contribution in [0.1, 0.15) is 106 Å². The van der Waals surface area contributed by atoms with Crippen LogP contribution in [-0.4, -0.2) is 50.3 Å². The molecule has 53 heavy (non-hydrogen) atoms. The van der Waals surface area contributed by atoms with Crippen LogP contribution >= 0.6 is 0 Å². The van der Waals surface area contributed by atoms with Gasteiger partial charge in [-0.3, -0.25) is 0 Å². The van der Waals surface area contributed by atoms with Crippen LogP contribution in [0.25, 0.3) is 43.1 Å². The first-order valence-corrected chi connectivity index (χ1v) is 18.5. The zero-order chi connectivity index (χ0) is 37.5. The zero-order valence-electron chi connectivity index (χ0n) is 30.5. The highest BCUT2D eigenvalue weighted by Crippen LogP contribution is 2.44. The zero-order valence-corrected chi connectivity index (χ0v) is 30.5. The fourth-order valence-electron chi connectivity index (χ4n) is 6.75. The van der Waals surface area contributed by atoms with Crippen LogP contribution in [0.4, 0.5) is 5.69 Å². The molecule has 0 radical (unpaired) electrons. The van der Waals surface area contributed by atoms with Crippen molar-refractivity contribution in [2.24, 2.45) is 0 Å². The number of fused-ring (bicyclic) bond motifs is 2. The Labute approximate surface area is 308 Å². The minimum Gasteiger partial charge on any atom is -0.462 e. The third kappa shape index (κ3) is 7.61. The van der Waals surface area contributed by atoms with Crippen LogP contribution in [0.2, 0.25) is 0 Å². The van der Waals surface area contributed by atoms with Gasteiger partial charge >= 0.3 is 23.9 Å². The molecule has 0 unspecified atom stereocenters. The number of nitrogens with two attached hydrogens (primary N) is 1. The monoisotopic (exact) mass is 715 g/mol. The second-order valence-electron chi connectivity index (χ2n) is 13.2. The van der Waals surface area contributed by atoms with Crippen LogP contribution < -0.4 is 5.73 Å². The molecular weight excluding hydrogens is 670 g/mol. The number of esters is 4. The normalized spacial score (nSPS) is 11.4. The van der Waals surface area contributed by atoms with E-state index in [1.807, 2.05) is 57.2 Å². The van der Waals surface area contributed by atoms with Gasteiger partial charge in [-0.1, -0.05) is 76.4 Å². The van der Waals surface area contributed by atoms with Gasteiger partial charge in [-0.05, 0) is 93.5 Å². The Morgan fingerprint density at radius 1 is 0.434 bits per heavy atom. The summed E-state index contributed by atoms with van der Waals surface area (Å²) in [6, 6.07) is 21.4. The van der Waals surface area contributed by atoms with Gasteiger partial charge in [0.1, 0.15) is 0 Å². The Bertz CT molecular complexity index is 2220. The van der Waals surface area contributed by atoms with Crippen molar-refractivity contribution in [1.29, 1.82) is 0 Å². The number of rotatable bonds is 16. The molecule has 0 aliphatic carbocycles. The number of hydrogen-bond donors (Lipinski definition) is 1. The summed E-state index contributed by atoms with van der Waals surface area (Å²) in [6.45, 7) is 6.93. The van der Waals surface area contributed by atoms with Crippen molar-refractivity contribution >= 4 is 72.7 Å². The van der Waals surface area contributed by atoms with E-state index in [0.717, 1.165) is 46.4 Å². The summed E-state index contributed by atoms with van der Waals surface area (Å²) in [5.41, 5.74) is 8.46. The minimum atomic E-state index is -0.571. The largest absolute Gasteiger partial charge is 0.462 e. The van der Waals surface area contributed by atoms with E-state index in [2.05, 4.69) is 0 Å². The molecule has 6 rings (SSSR count). The molecule has 2 N–H and O–H groups in total. The van der Waals surface area contributed by atoms with Gasteiger partial charge < -0.3 is 24.7 Å². The minimum absolute atomic E-state index is 0.123. The number of nitrogen functional groups attached to an aromatic ring is 1. The van der Waals surface area contributed by atoms with Crippen LogP contribution in [0.15, 0.2) is 72.8 Å². The molecular formula is C44H45NO8. The molecule has 9 heteroatoms. The molecule has 0 bridgehead atoms. The van der Waals surface area contributed by atoms with E-state index in [0.29, 0.717) is 52.9 Å². The summed E-state index contributed by atoms with van der Waals surface area (Å²) in [5.74, 6) is -2.16. The molecule has 0 heterocycles. The first-order chi connectivity index (χ1) is 25.8. The molecule has 0 atom stereocenters. The number of hydrogen-bond acceptors (Lipinski definition) is 9. The Balaban J connectivity index is 1.55. The summed E-state index contributed by atoms with van der Waals surface area (Å²) >= 11 is 0. The second-order valence-corrected chi connectivity index (χ2v) is 13.2. The van der Waals surface area contributed by atoms with Crippen molar-refractivity contribution in [3.8, 4) is 0 Å². The van der Waals surface area contributed by atoms with Crippen molar-refractivity contribution in [1.82, 2.24) is 0 Å². The van der Waals surface area contributed by atoms with Gasteiger partial charge in [0.15, 0.2) is 0 Å². The van der Waals surface area contributed by atoms with E-state index in [1.165, 1.54) is 0 Å². The summed E-state index contributed by atoms with van der Waals surface area (Å²) in [6.07, 6.45) is 5.19. The van der Waals surface area contributed by atoms with Crippen molar-refractivity contribution in [3.05, 3.63) is 101 Å². The molecule has 6 aromatic carbocycles. The molecule has 0 fully saturated rings. The number of carbonyl (C=O) groups is 4. The third-order valence-electron chi connectivity index (χ3n) is 9.58. The van der Waals surface area contributed by atoms with Crippen molar-refractivity contribution < 1.29 is 38.1 Å². The highest BCUT2D eigenvalue weighted by Gasteiger charge is 2.27. The van der Waals surface area contributed by atoms with Gasteiger partial charge in [-0.15, -0.1) is 0 Å². The first kappa shape index (κ1) is 37.1. The molecule has 0 aliphatic rings. The van der Waals surface area contributed by atoms with Gasteiger partial charge in [-0.25, -0.2) is 19.2 Å². The number of ether oxygens (including phenoxy) is 4. The van der Waals surface area contributed by atoms with E-state index in [9.17, 15) is 19.2 Å². The standard InChI is InChI=1S/C44H45NO8/c1-4-7-23-50-41(46)33-18-14-29-31-16-20-35(43(48)52-25-9-6-3)40-36(44(49)53-26-22-27-10-12-28(45)13-11-27)21-17-32(38(31)40)30-15-19-34(39(33)37(29)30)42(47)51-24-8-5-2/h10-21H,4-9,22-26,45H2,1-3H3. The van der Waals surface area contributed by atoms with Crippen LogP contribution in [0.5, 0.6) is 0 Å². The lowest BCUT2D eigenvalue weighted by Crippen LogP contribution is -2.13. The molecule has 9 nitrogen and oxygen atoms in total. The maximum atomic E-state index is 13.9. The van der Waals surface area contributed by atoms with E-state index in [-0.39, 0.29) is 48.7 Å². The Morgan fingerprint density at radius 3 is 1.08 bits per heavy atom. The summed E-state index contributed by atoms with van der Waals surface area (Å²) < 4.78 is 22.8. The van der Waals surface area contributed by atoms with Gasteiger partial charge in [0, 0.05) is 22.9 Å². The van der Waals surface area contributed by atoms with Crippen LogP contribution in [-0.2, 0) is 25.4 Å². The average molecular weight is 716 g/mol. The molecule has 0 amide bonds. The third-order valence-corrected chi connectivity index (χ3v) is 9.58.